The Labute approximate surface area is 155 Å². The van der Waals surface area contributed by atoms with Gasteiger partial charge >= 0.3 is 0 Å². The lowest BCUT2D eigenvalue weighted by Crippen LogP contribution is -2.42. The molecule has 1 aromatic rings. The van der Waals surface area contributed by atoms with Gasteiger partial charge in [-0.3, -0.25) is 9.79 Å². The number of nitrogens with one attached hydrogen (secondary N) is 2. The van der Waals surface area contributed by atoms with Gasteiger partial charge in [-0.05, 0) is 28.8 Å². The average molecular weight is 407 g/mol. The zero-order valence-electron chi connectivity index (χ0n) is 14.2. The molecule has 3 rings (SSSR count). The monoisotopic (exact) mass is 406 g/mol. The second-order valence-electron chi connectivity index (χ2n) is 6.37. The Kier molecular flexibility index (Phi) is 5.39. The number of amides is 1. The third-order valence-electron chi connectivity index (χ3n) is 4.75. The Bertz CT molecular complexity index is 745. The smallest absolute Gasteiger partial charge is 0.254 e. The maximum absolute atomic E-state index is 12.3. The van der Waals surface area contributed by atoms with Gasteiger partial charge in [-0.2, -0.15) is 0 Å². The molecular weight excluding hydrogens is 384 g/mol. The van der Waals surface area contributed by atoms with E-state index in [0.717, 1.165) is 35.7 Å². The van der Waals surface area contributed by atoms with Crippen molar-refractivity contribution in [1.82, 2.24) is 10.3 Å². The highest BCUT2D eigenvalue weighted by molar-refractivity contribution is 9.10. The first-order chi connectivity index (χ1) is 12.1. The zero-order chi connectivity index (χ0) is 18.0. The summed E-state index contributed by atoms with van der Waals surface area (Å²) in [7, 11) is 1.66. The summed E-state index contributed by atoms with van der Waals surface area (Å²) in [4.78, 5) is 21.0. The van der Waals surface area contributed by atoms with Crippen LogP contribution in [0.15, 0.2) is 15.7 Å². The first-order valence-corrected chi connectivity index (χ1v) is 9.23. The van der Waals surface area contributed by atoms with E-state index in [1.54, 1.807) is 13.3 Å². The fourth-order valence-electron chi connectivity index (χ4n) is 3.42. The predicted molar refractivity (Wildman–Crippen MR) is 104 cm³/mol. The van der Waals surface area contributed by atoms with Crippen molar-refractivity contribution in [3.8, 4) is 0 Å². The van der Waals surface area contributed by atoms with E-state index >= 15 is 0 Å². The van der Waals surface area contributed by atoms with E-state index in [0.29, 0.717) is 29.2 Å². The van der Waals surface area contributed by atoms with Gasteiger partial charge in [-0.25, -0.2) is 4.98 Å². The van der Waals surface area contributed by atoms with Crippen LogP contribution < -0.4 is 22.1 Å². The molecule has 1 amide bonds. The number of fused-ring (bicyclic) bond motifs is 1. The van der Waals surface area contributed by atoms with Gasteiger partial charge in [0.1, 0.15) is 5.82 Å². The summed E-state index contributed by atoms with van der Waals surface area (Å²) < 4.78 is 0.798. The molecule has 0 radical (unpaired) electrons. The molecule has 1 saturated carbocycles. The van der Waals surface area contributed by atoms with Gasteiger partial charge in [0, 0.05) is 49.2 Å². The lowest BCUT2D eigenvalue weighted by molar-refractivity contribution is 0.0965. The molecule has 6 N–H and O–H groups in total. The van der Waals surface area contributed by atoms with Crippen LogP contribution in [0.25, 0.3) is 5.57 Å². The number of anilines is 1. The Morgan fingerprint density at radius 1 is 1.44 bits per heavy atom. The number of halogens is 1. The summed E-state index contributed by atoms with van der Waals surface area (Å²) in [5.41, 5.74) is 14.6. The van der Waals surface area contributed by atoms with Gasteiger partial charge in [0.05, 0.1) is 15.7 Å². The first kappa shape index (κ1) is 17.9. The van der Waals surface area contributed by atoms with Crippen LogP contribution in [-0.4, -0.2) is 36.2 Å². The standard InChI is InChI=1S/C17H23BrN6O/c1-21-7-9(6-19)15-13-10(8-22-17(13)25)14(18)16(24-15)23-12-5-3-2-4-11(12)20/h6-7,11-12H,2-5,8,19-20H2,1H3,(H,22,25)(H,23,24)/b9-6+,21-7?/t11-,12+/m0/s1. The Balaban J connectivity index is 2.06. The maximum Gasteiger partial charge on any atom is 0.254 e. The van der Waals surface area contributed by atoms with Crippen LogP contribution in [0.4, 0.5) is 5.82 Å². The van der Waals surface area contributed by atoms with Gasteiger partial charge in [-0.15, -0.1) is 0 Å². The molecule has 2 aliphatic rings. The molecular formula is C17H23BrN6O. The fraction of sp³-hybridized carbons (Fsp3) is 0.471. The average Bonchev–Trinajstić information content (AvgIpc) is 3.00. The molecule has 0 spiro atoms. The summed E-state index contributed by atoms with van der Waals surface area (Å²) >= 11 is 3.61. The van der Waals surface area contributed by atoms with Crippen molar-refractivity contribution in [3.05, 3.63) is 27.5 Å². The van der Waals surface area contributed by atoms with Crippen LogP contribution >= 0.6 is 15.9 Å². The van der Waals surface area contributed by atoms with Gasteiger partial charge in [-0.1, -0.05) is 12.8 Å². The molecule has 1 aromatic heterocycles. The fourth-order valence-corrected chi connectivity index (χ4v) is 3.96. The molecule has 7 nitrogen and oxygen atoms in total. The normalized spacial score (nSPS) is 23.6. The molecule has 0 aromatic carbocycles. The number of pyridine rings is 1. The highest BCUT2D eigenvalue weighted by Gasteiger charge is 2.31. The molecule has 134 valence electrons. The second kappa shape index (κ2) is 7.53. The minimum absolute atomic E-state index is 0.0978. The molecule has 1 aliphatic heterocycles. The van der Waals surface area contributed by atoms with E-state index < -0.39 is 0 Å². The Hall–Kier alpha value is -1.93. The summed E-state index contributed by atoms with van der Waals surface area (Å²) in [6, 6.07) is 0.263. The lowest BCUT2D eigenvalue weighted by atomic mass is 9.91. The van der Waals surface area contributed by atoms with E-state index in [-0.39, 0.29) is 18.0 Å². The molecule has 8 heteroatoms. The molecule has 1 fully saturated rings. The minimum atomic E-state index is -0.150. The quantitative estimate of drug-likeness (QED) is 0.568. The summed E-state index contributed by atoms with van der Waals surface area (Å²) in [5.74, 6) is 0.541. The van der Waals surface area contributed by atoms with E-state index in [1.165, 1.54) is 6.20 Å². The van der Waals surface area contributed by atoms with Crippen molar-refractivity contribution < 1.29 is 4.79 Å². The van der Waals surface area contributed by atoms with Crippen molar-refractivity contribution in [3.63, 3.8) is 0 Å². The molecule has 2 atom stereocenters. The Morgan fingerprint density at radius 2 is 2.20 bits per heavy atom. The van der Waals surface area contributed by atoms with Crippen LogP contribution in [0, 0.1) is 0 Å². The first-order valence-electron chi connectivity index (χ1n) is 8.44. The van der Waals surface area contributed by atoms with Gasteiger partial charge in [0.15, 0.2) is 0 Å². The van der Waals surface area contributed by atoms with Crippen LogP contribution in [0.1, 0.15) is 47.3 Å². The third kappa shape index (κ3) is 3.41. The molecule has 0 saturated heterocycles. The lowest BCUT2D eigenvalue weighted by Gasteiger charge is -2.30. The van der Waals surface area contributed by atoms with E-state index in [9.17, 15) is 4.79 Å². The number of carbonyl (C=O) groups is 1. The number of carbonyl (C=O) groups excluding carboxylic acids is 1. The second-order valence-corrected chi connectivity index (χ2v) is 7.16. The molecule has 0 unspecified atom stereocenters. The zero-order valence-corrected chi connectivity index (χ0v) is 15.8. The number of aromatic nitrogens is 1. The predicted octanol–water partition coefficient (Wildman–Crippen LogP) is 1.77. The summed E-state index contributed by atoms with van der Waals surface area (Å²) in [6.45, 7) is 0.455. The molecule has 1 aliphatic carbocycles. The summed E-state index contributed by atoms with van der Waals surface area (Å²) in [6.07, 6.45) is 7.36. The van der Waals surface area contributed by atoms with Crippen molar-refractivity contribution in [2.45, 2.75) is 44.3 Å². The van der Waals surface area contributed by atoms with Gasteiger partial charge in [0.25, 0.3) is 5.91 Å². The van der Waals surface area contributed by atoms with Crippen LogP contribution in [0.2, 0.25) is 0 Å². The van der Waals surface area contributed by atoms with E-state index in [2.05, 4.69) is 31.6 Å². The number of hydrogen-bond acceptors (Lipinski definition) is 6. The van der Waals surface area contributed by atoms with Crippen molar-refractivity contribution >= 4 is 39.4 Å². The van der Waals surface area contributed by atoms with E-state index in [1.807, 2.05) is 0 Å². The van der Waals surface area contributed by atoms with Crippen LogP contribution in [0.5, 0.6) is 0 Å². The highest BCUT2D eigenvalue weighted by atomic mass is 79.9. The third-order valence-corrected chi connectivity index (χ3v) is 5.60. The largest absolute Gasteiger partial charge is 0.404 e. The molecule has 2 heterocycles. The highest BCUT2D eigenvalue weighted by Crippen LogP contribution is 2.35. The van der Waals surface area contributed by atoms with Crippen molar-refractivity contribution in [2.75, 3.05) is 12.4 Å². The van der Waals surface area contributed by atoms with Gasteiger partial charge in [0.2, 0.25) is 0 Å². The number of allylic oxidation sites excluding steroid dienone is 1. The number of aliphatic imine (C=N–C) groups is 1. The number of rotatable bonds is 4. The number of nitrogens with zero attached hydrogens (tertiary/aromatic N) is 2. The number of hydrogen-bond donors (Lipinski definition) is 4. The van der Waals surface area contributed by atoms with E-state index in [4.69, 9.17) is 16.5 Å². The maximum atomic E-state index is 12.3. The minimum Gasteiger partial charge on any atom is -0.404 e. The molecule has 25 heavy (non-hydrogen) atoms. The Morgan fingerprint density at radius 3 is 2.88 bits per heavy atom. The van der Waals surface area contributed by atoms with Gasteiger partial charge < -0.3 is 22.1 Å². The van der Waals surface area contributed by atoms with Crippen molar-refractivity contribution in [1.29, 1.82) is 0 Å². The topological polar surface area (TPSA) is 118 Å². The summed E-state index contributed by atoms with van der Waals surface area (Å²) in [5, 5.41) is 6.32. The SMILES string of the molecule is CN=C/C(=C\N)c1nc(N[C@@H]2CCCC[C@@H]2N)c(Br)c2c1C(=O)NC2. The number of nitrogens with two attached hydrogens (primary N) is 2. The van der Waals surface area contributed by atoms with Crippen LogP contribution in [-0.2, 0) is 6.54 Å². The van der Waals surface area contributed by atoms with Crippen molar-refractivity contribution in [2.24, 2.45) is 16.5 Å². The van der Waals surface area contributed by atoms with Crippen LogP contribution in [0.3, 0.4) is 0 Å². The molecule has 0 bridgehead atoms.